The van der Waals surface area contributed by atoms with Crippen molar-refractivity contribution in [2.45, 2.75) is 39.5 Å². The lowest BCUT2D eigenvalue weighted by Crippen LogP contribution is -2.16. The predicted molar refractivity (Wildman–Crippen MR) is 70.0 cm³/mol. The molecule has 0 aliphatic heterocycles. The van der Waals surface area contributed by atoms with E-state index in [1.807, 2.05) is 0 Å². The van der Waals surface area contributed by atoms with E-state index in [0.29, 0.717) is 12.5 Å². The second-order valence-electron chi connectivity index (χ2n) is 4.31. The maximum Gasteiger partial charge on any atom is 0.360 e. The topological polar surface area (TPSA) is 78.1 Å². The van der Waals surface area contributed by atoms with E-state index in [0.717, 1.165) is 25.7 Å². The summed E-state index contributed by atoms with van der Waals surface area (Å²) in [7, 11) is 0. The van der Waals surface area contributed by atoms with Crippen LogP contribution in [0.3, 0.4) is 0 Å². The number of carbonyl (C=O) groups is 1. The van der Waals surface area contributed by atoms with Gasteiger partial charge in [-0.2, -0.15) is 0 Å². The normalized spacial score (nSPS) is 12.1. The molecule has 0 spiro atoms. The fourth-order valence-electron chi connectivity index (χ4n) is 1.67. The molecule has 18 heavy (non-hydrogen) atoms. The lowest BCUT2D eigenvalue weighted by Gasteiger charge is -2.14. The van der Waals surface area contributed by atoms with Crippen LogP contribution in [0.1, 0.15) is 50.0 Å². The lowest BCUT2D eigenvalue weighted by atomic mass is 10.0. The molecule has 1 rings (SSSR count). The van der Waals surface area contributed by atoms with Gasteiger partial charge in [-0.05, 0) is 12.3 Å². The highest BCUT2D eigenvalue weighted by Gasteiger charge is 2.15. The van der Waals surface area contributed by atoms with Crippen molar-refractivity contribution < 1.29 is 9.53 Å². The van der Waals surface area contributed by atoms with Crippen LogP contribution in [0.4, 0.5) is 5.82 Å². The van der Waals surface area contributed by atoms with Crippen LogP contribution < -0.4 is 5.73 Å². The molecule has 1 aromatic heterocycles. The van der Waals surface area contributed by atoms with Crippen LogP contribution in [0.25, 0.3) is 0 Å². The van der Waals surface area contributed by atoms with Crippen molar-refractivity contribution in [3.8, 4) is 0 Å². The Labute approximate surface area is 108 Å². The van der Waals surface area contributed by atoms with Crippen molar-refractivity contribution in [3.63, 3.8) is 0 Å². The summed E-state index contributed by atoms with van der Waals surface area (Å²) in [5.74, 6) is 0.0338. The highest BCUT2D eigenvalue weighted by molar-refractivity contribution is 5.91. The minimum atomic E-state index is -0.490. The molecule has 5 heteroatoms. The van der Waals surface area contributed by atoms with E-state index >= 15 is 0 Å². The van der Waals surface area contributed by atoms with Crippen molar-refractivity contribution in [3.05, 3.63) is 18.1 Å². The van der Waals surface area contributed by atoms with Gasteiger partial charge in [0, 0.05) is 12.4 Å². The number of esters is 1. The molecule has 1 aromatic rings. The average Bonchev–Trinajstić information content (AvgIpc) is 2.39. The van der Waals surface area contributed by atoms with Gasteiger partial charge in [0.1, 0.15) is 0 Å². The van der Waals surface area contributed by atoms with E-state index in [1.165, 1.54) is 12.4 Å². The summed E-state index contributed by atoms with van der Waals surface area (Å²) in [5.41, 5.74) is 5.67. The Kier molecular flexibility index (Phi) is 6.11. The van der Waals surface area contributed by atoms with Crippen molar-refractivity contribution in [2.75, 3.05) is 12.3 Å². The number of aromatic nitrogens is 2. The molecule has 0 bridgehead atoms. The molecule has 5 nitrogen and oxygen atoms in total. The zero-order valence-corrected chi connectivity index (χ0v) is 11.1. The van der Waals surface area contributed by atoms with Gasteiger partial charge in [-0.25, -0.2) is 14.8 Å². The van der Waals surface area contributed by atoms with Gasteiger partial charge in [-0.3, -0.25) is 0 Å². The number of nitrogens with two attached hydrogens (primary N) is 1. The molecule has 0 aromatic carbocycles. The molecule has 100 valence electrons. The van der Waals surface area contributed by atoms with Gasteiger partial charge in [0.2, 0.25) is 0 Å². The predicted octanol–water partition coefficient (Wildman–Crippen LogP) is 2.43. The Morgan fingerprint density at radius 1 is 1.39 bits per heavy atom. The number of nitrogen functional groups attached to an aromatic ring is 1. The molecule has 0 radical (unpaired) electrons. The lowest BCUT2D eigenvalue weighted by molar-refractivity contribution is 0.0422. The first-order chi connectivity index (χ1) is 8.69. The quantitative estimate of drug-likeness (QED) is 0.753. The maximum atomic E-state index is 11.8. The summed E-state index contributed by atoms with van der Waals surface area (Å²) in [6.45, 7) is 4.68. The first kappa shape index (κ1) is 14.4. The molecule has 0 saturated carbocycles. The molecule has 1 unspecified atom stereocenters. The molecule has 0 amide bonds. The standard InChI is InChI=1S/C13H21N3O2/c1-3-5-6-10(4-2)9-18-13(17)11-12(14)16-8-7-15-11/h7-8,10H,3-6,9H2,1-2H3,(H2,14,16). The van der Waals surface area contributed by atoms with Crippen LogP contribution in [0.15, 0.2) is 12.4 Å². The van der Waals surface area contributed by atoms with Crippen molar-refractivity contribution >= 4 is 11.8 Å². The van der Waals surface area contributed by atoms with Gasteiger partial charge < -0.3 is 10.5 Å². The van der Waals surface area contributed by atoms with Gasteiger partial charge in [0.05, 0.1) is 6.61 Å². The molecule has 1 atom stereocenters. The Hall–Kier alpha value is -1.65. The number of hydrogen-bond donors (Lipinski definition) is 1. The molecular weight excluding hydrogens is 230 g/mol. The Morgan fingerprint density at radius 3 is 2.72 bits per heavy atom. The zero-order valence-electron chi connectivity index (χ0n) is 11.1. The maximum absolute atomic E-state index is 11.8. The minimum Gasteiger partial charge on any atom is -0.461 e. The number of anilines is 1. The first-order valence-electron chi connectivity index (χ1n) is 6.42. The summed E-state index contributed by atoms with van der Waals surface area (Å²) in [6, 6.07) is 0. The molecular formula is C13H21N3O2. The average molecular weight is 251 g/mol. The van der Waals surface area contributed by atoms with Gasteiger partial charge in [-0.15, -0.1) is 0 Å². The SMILES string of the molecule is CCCCC(CC)COC(=O)c1nccnc1N. The van der Waals surface area contributed by atoms with Gasteiger partial charge >= 0.3 is 5.97 Å². The van der Waals surface area contributed by atoms with E-state index < -0.39 is 5.97 Å². The second-order valence-corrected chi connectivity index (χ2v) is 4.31. The summed E-state index contributed by atoms with van der Waals surface area (Å²) >= 11 is 0. The van der Waals surface area contributed by atoms with Crippen molar-refractivity contribution in [1.29, 1.82) is 0 Å². The Morgan fingerprint density at radius 2 is 2.11 bits per heavy atom. The van der Waals surface area contributed by atoms with E-state index in [4.69, 9.17) is 10.5 Å². The van der Waals surface area contributed by atoms with E-state index in [1.54, 1.807) is 0 Å². The van der Waals surface area contributed by atoms with Crippen molar-refractivity contribution in [1.82, 2.24) is 9.97 Å². The third-order valence-corrected chi connectivity index (χ3v) is 2.91. The van der Waals surface area contributed by atoms with E-state index in [2.05, 4.69) is 23.8 Å². The number of unbranched alkanes of at least 4 members (excludes halogenated alkanes) is 1. The third kappa shape index (κ3) is 4.31. The molecule has 1 heterocycles. The number of rotatable bonds is 7. The van der Waals surface area contributed by atoms with Crippen LogP contribution in [0.2, 0.25) is 0 Å². The molecule has 2 N–H and O–H groups in total. The monoisotopic (exact) mass is 251 g/mol. The van der Waals surface area contributed by atoms with Crippen LogP contribution in [0.5, 0.6) is 0 Å². The summed E-state index contributed by atoms with van der Waals surface area (Å²) in [4.78, 5) is 19.4. The summed E-state index contributed by atoms with van der Waals surface area (Å²) in [6.07, 6.45) is 7.27. The van der Waals surface area contributed by atoms with Gasteiger partial charge in [0.25, 0.3) is 0 Å². The molecule has 0 saturated heterocycles. The zero-order chi connectivity index (χ0) is 13.4. The van der Waals surface area contributed by atoms with Crippen LogP contribution in [0, 0.1) is 5.92 Å². The highest BCUT2D eigenvalue weighted by Crippen LogP contribution is 2.14. The number of nitrogens with zero attached hydrogens (tertiary/aromatic N) is 2. The van der Waals surface area contributed by atoms with Crippen LogP contribution in [-0.4, -0.2) is 22.5 Å². The minimum absolute atomic E-state index is 0.0999. The fraction of sp³-hybridized carbons (Fsp3) is 0.615. The number of carbonyl (C=O) groups excluding carboxylic acids is 1. The second kappa shape index (κ2) is 7.63. The largest absolute Gasteiger partial charge is 0.461 e. The van der Waals surface area contributed by atoms with Crippen molar-refractivity contribution in [2.24, 2.45) is 5.92 Å². The number of ether oxygens (including phenoxy) is 1. The van der Waals surface area contributed by atoms with Gasteiger partial charge in [0.15, 0.2) is 11.5 Å². The fourth-order valence-corrected chi connectivity index (χ4v) is 1.67. The Balaban J connectivity index is 2.47. The summed E-state index contributed by atoms with van der Waals surface area (Å²) < 4.78 is 5.24. The first-order valence-corrected chi connectivity index (χ1v) is 6.42. The van der Waals surface area contributed by atoms with Crippen LogP contribution in [-0.2, 0) is 4.74 Å². The molecule has 0 aliphatic rings. The Bertz CT molecular complexity index is 382. The highest BCUT2D eigenvalue weighted by atomic mass is 16.5. The van der Waals surface area contributed by atoms with E-state index in [-0.39, 0.29) is 11.5 Å². The van der Waals surface area contributed by atoms with Crippen LogP contribution >= 0.6 is 0 Å². The third-order valence-electron chi connectivity index (χ3n) is 2.91. The summed E-state index contributed by atoms with van der Waals surface area (Å²) in [5, 5.41) is 0. The molecule has 0 fully saturated rings. The van der Waals surface area contributed by atoms with Gasteiger partial charge in [-0.1, -0.05) is 33.1 Å². The van der Waals surface area contributed by atoms with E-state index in [9.17, 15) is 4.79 Å². The smallest absolute Gasteiger partial charge is 0.360 e. The number of hydrogen-bond acceptors (Lipinski definition) is 5. The molecule has 0 aliphatic carbocycles.